The van der Waals surface area contributed by atoms with E-state index in [9.17, 15) is 9.59 Å². The summed E-state index contributed by atoms with van der Waals surface area (Å²) in [7, 11) is 0. The van der Waals surface area contributed by atoms with E-state index in [1.807, 2.05) is 30.3 Å². The van der Waals surface area contributed by atoms with Gasteiger partial charge in [0.15, 0.2) is 0 Å². The highest BCUT2D eigenvalue weighted by molar-refractivity contribution is 5.85. The topological polar surface area (TPSA) is 67.4 Å². The first-order chi connectivity index (χ1) is 11.2. The zero-order valence-electron chi connectivity index (χ0n) is 14.1. The average Bonchev–Trinajstić information content (AvgIpc) is 3.08. The minimum Gasteiger partial charge on any atom is -0.465 e. The molecule has 1 amide bonds. The third kappa shape index (κ3) is 6.49. The van der Waals surface area contributed by atoms with E-state index in [2.05, 4.69) is 10.6 Å². The maximum absolute atomic E-state index is 12.1. The fourth-order valence-electron chi connectivity index (χ4n) is 2.87. The van der Waals surface area contributed by atoms with Crippen LogP contribution in [0.15, 0.2) is 30.3 Å². The third-order valence-electron chi connectivity index (χ3n) is 4.22. The van der Waals surface area contributed by atoms with Gasteiger partial charge in [-0.05, 0) is 44.3 Å². The number of hydrogen-bond acceptors (Lipinski definition) is 4. The minimum absolute atomic E-state index is 0. The molecule has 0 aliphatic carbocycles. The molecule has 1 heterocycles. The fourth-order valence-corrected chi connectivity index (χ4v) is 2.87. The van der Waals surface area contributed by atoms with Crippen LogP contribution in [-0.2, 0) is 14.3 Å². The molecule has 6 heteroatoms. The summed E-state index contributed by atoms with van der Waals surface area (Å²) in [5.74, 6) is -0.148. The SMILES string of the molecule is CCOC(=O)C(CNC(=O)CCC1CCNC1)c1ccccc1.Cl. The Kier molecular flexibility index (Phi) is 9.42. The first-order valence-corrected chi connectivity index (χ1v) is 8.39. The van der Waals surface area contributed by atoms with Gasteiger partial charge in [0.2, 0.25) is 5.91 Å². The maximum Gasteiger partial charge on any atom is 0.315 e. The van der Waals surface area contributed by atoms with Crippen LogP contribution in [-0.4, -0.2) is 38.1 Å². The second-order valence-electron chi connectivity index (χ2n) is 5.92. The number of ether oxygens (including phenoxy) is 1. The molecule has 0 bridgehead atoms. The van der Waals surface area contributed by atoms with Gasteiger partial charge in [-0.15, -0.1) is 12.4 Å². The lowest BCUT2D eigenvalue weighted by Crippen LogP contribution is -2.32. The summed E-state index contributed by atoms with van der Waals surface area (Å²) in [5, 5.41) is 6.19. The van der Waals surface area contributed by atoms with Crippen molar-refractivity contribution in [1.29, 1.82) is 0 Å². The molecule has 1 aliphatic rings. The van der Waals surface area contributed by atoms with Gasteiger partial charge in [0.25, 0.3) is 0 Å². The normalized spacial score (nSPS) is 17.6. The molecular formula is C18H27ClN2O3. The summed E-state index contributed by atoms with van der Waals surface area (Å²) >= 11 is 0. The Morgan fingerprint density at radius 2 is 2.08 bits per heavy atom. The largest absolute Gasteiger partial charge is 0.465 e. The summed E-state index contributed by atoms with van der Waals surface area (Å²) in [6, 6.07) is 9.45. The van der Waals surface area contributed by atoms with E-state index < -0.39 is 5.92 Å². The second-order valence-corrected chi connectivity index (χ2v) is 5.92. The molecule has 5 nitrogen and oxygen atoms in total. The zero-order chi connectivity index (χ0) is 16.5. The Labute approximate surface area is 149 Å². The van der Waals surface area contributed by atoms with E-state index in [4.69, 9.17) is 4.74 Å². The van der Waals surface area contributed by atoms with Crippen LogP contribution >= 0.6 is 12.4 Å². The van der Waals surface area contributed by atoms with Crippen molar-refractivity contribution >= 4 is 24.3 Å². The predicted octanol–water partition coefficient (Wildman–Crippen LogP) is 2.26. The molecule has 1 aromatic rings. The van der Waals surface area contributed by atoms with Gasteiger partial charge < -0.3 is 15.4 Å². The summed E-state index contributed by atoms with van der Waals surface area (Å²) in [6.07, 6.45) is 2.55. The van der Waals surface area contributed by atoms with Gasteiger partial charge >= 0.3 is 5.97 Å². The molecule has 2 rings (SSSR count). The van der Waals surface area contributed by atoms with Crippen molar-refractivity contribution in [2.24, 2.45) is 5.92 Å². The molecule has 1 fully saturated rings. The summed E-state index contributed by atoms with van der Waals surface area (Å²) in [6.45, 7) is 4.46. The van der Waals surface area contributed by atoms with Crippen molar-refractivity contribution in [3.05, 3.63) is 35.9 Å². The number of esters is 1. The Morgan fingerprint density at radius 1 is 1.33 bits per heavy atom. The summed E-state index contributed by atoms with van der Waals surface area (Å²) < 4.78 is 5.13. The van der Waals surface area contributed by atoms with Crippen molar-refractivity contribution in [1.82, 2.24) is 10.6 Å². The molecule has 1 saturated heterocycles. The quantitative estimate of drug-likeness (QED) is 0.703. The monoisotopic (exact) mass is 354 g/mol. The van der Waals surface area contributed by atoms with Crippen LogP contribution in [0.5, 0.6) is 0 Å². The third-order valence-corrected chi connectivity index (χ3v) is 4.22. The molecule has 134 valence electrons. The van der Waals surface area contributed by atoms with E-state index in [1.165, 1.54) is 0 Å². The van der Waals surface area contributed by atoms with Gasteiger partial charge in [0, 0.05) is 13.0 Å². The molecule has 2 unspecified atom stereocenters. The molecule has 2 atom stereocenters. The number of halogens is 1. The highest BCUT2D eigenvalue weighted by Crippen LogP contribution is 2.17. The fraction of sp³-hybridized carbons (Fsp3) is 0.556. The Morgan fingerprint density at radius 3 is 2.71 bits per heavy atom. The number of nitrogens with one attached hydrogen (secondary N) is 2. The molecule has 0 spiro atoms. The van der Waals surface area contributed by atoms with E-state index in [0.717, 1.165) is 31.5 Å². The number of rotatable bonds is 8. The number of carbonyl (C=O) groups excluding carboxylic acids is 2. The molecule has 0 aromatic heterocycles. The van der Waals surface area contributed by atoms with Crippen LogP contribution in [0.3, 0.4) is 0 Å². The lowest BCUT2D eigenvalue weighted by Gasteiger charge is -2.17. The lowest BCUT2D eigenvalue weighted by atomic mass is 9.98. The predicted molar refractivity (Wildman–Crippen MR) is 96.3 cm³/mol. The lowest BCUT2D eigenvalue weighted by molar-refractivity contribution is -0.144. The molecule has 0 saturated carbocycles. The zero-order valence-corrected chi connectivity index (χ0v) is 14.9. The van der Waals surface area contributed by atoms with Gasteiger partial charge in [-0.25, -0.2) is 0 Å². The number of hydrogen-bond donors (Lipinski definition) is 2. The highest BCUT2D eigenvalue weighted by Gasteiger charge is 2.23. The van der Waals surface area contributed by atoms with Crippen LogP contribution in [0.2, 0.25) is 0 Å². The van der Waals surface area contributed by atoms with Crippen LogP contribution in [0.1, 0.15) is 37.7 Å². The van der Waals surface area contributed by atoms with Gasteiger partial charge in [-0.3, -0.25) is 9.59 Å². The highest BCUT2D eigenvalue weighted by atomic mass is 35.5. The van der Waals surface area contributed by atoms with Crippen molar-refractivity contribution < 1.29 is 14.3 Å². The average molecular weight is 355 g/mol. The molecule has 1 aliphatic heterocycles. The Balaban J connectivity index is 0.00000288. The van der Waals surface area contributed by atoms with Crippen molar-refractivity contribution in [3.8, 4) is 0 Å². The van der Waals surface area contributed by atoms with Crippen molar-refractivity contribution in [2.45, 2.75) is 32.1 Å². The molecule has 2 N–H and O–H groups in total. The maximum atomic E-state index is 12.1. The summed E-state index contributed by atoms with van der Waals surface area (Å²) in [4.78, 5) is 24.2. The van der Waals surface area contributed by atoms with Gasteiger partial charge in [0.05, 0.1) is 12.5 Å². The van der Waals surface area contributed by atoms with E-state index in [1.54, 1.807) is 6.92 Å². The second kappa shape index (κ2) is 11.0. The van der Waals surface area contributed by atoms with E-state index >= 15 is 0 Å². The Bertz CT molecular complexity index is 504. The van der Waals surface area contributed by atoms with Crippen LogP contribution in [0, 0.1) is 5.92 Å². The molecule has 0 radical (unpaired) electrons. The van der Waals surface area contributed by atoms with Crippen LogP contribution in [0.25, 0.3) is 0 Å². The minimum atomic E-state index is -0.451. The van der Waals surface area contributed by atoms with Gasteiger partial charge in [-0.2, -0.15) is 0 Å². The first kappa shape index (κ1) is 20.5. The molecular weight excluding hydrogens is 328 g/mol. The van der Waals surface area contributed by atoms with E-state index in [0.29, 0.717) is 18.9 Å². The standard InChI is InChI=1S/C18H26N2O3.ClH/c1-2-23-18(22)16(15-6-4-3-5-7-15)13-20-17(21)9-8-14-10-11-19-12-14;/h3-7,14,16,19H,2,8-13H2,1H3,(H,20,21);1H. The van der Waals surface area contributed by atoms with Crippen LogP contribution in [0.4, 0.5) is 0 Å². The van der Waals surface area contributed by atoms with Gasteiger partial charge in [0.1, 0.15) is 0 Å². The van der Waals surface area contributed by atoms with Crippen molar-refractivity contribution in [2.75, 3.05) is 26.2 Å². The first-order valence-electron chi connectivity index (χ1n) is 8.39. The molecule has 1 aromatic carbocycles. The molecule has 24 heavy (non-hydrogen) atoms. The van der Waals surface area contributed by atoms with E-state index in [-0.39, 0.29) is 30.8 Å². The van der Waals surface area contributed by atoms with Crippen molar-refractivity contribution in [3.63, 3.8) is 0 Å². The van der Waals surface area contributed by atoms with Gasteiger partial charge in [-0.1, -0.05) is 30.3 Å². The Hall–Kier alpha value is -1.59. The number of carbonyl (C=O) groups is 2. The summed E-state index contributed by atoms with van der Waals surface area (Å²) in [5.41, 5.74) is 0.867. The van der Waals surface area contributed by atoms with Crippen LogP contribution < -0.4 is 10.6 Å². The number of benzene rings is 1. The number of amides is 1. The smallest absolute Gasteiger partial charge is 0.315 e.